The zero-order valence-electron chi connectivity index (χ0n) is 15.5. The molecule has 0 aromatic heterocycles. The summed E-state index contributed by atoms with van der Waals surface area (Å²) >= 11 is 0. The molecule has 0 N–H and O–H groups in total. The first kappa shape index (κ1) is 17.6. The third-order valence-corrected chi connectivity index (χ3v) is 6.48. The van der Waals surface area contributed by atoms with Crippen molar-refractivity contribution in [2.75, 3.05) is 6.61 Å². The number of esters is 2. The van der Waals surface area contributed by atoms with Gasteiger partial charge < -0.3 is 9.47 Å². The van der Waals surface area contributed by atoms with E-state index in [1.807, 2.05) is 6.92 Å². The number of hydrogen-bond donors (Lipinski definition) is 0. The van der Waals surface area contributed by atoms with Gasteiger partial charge in [0.2, 0.25) is 0 Å². The monoisotopic (exact) mass is 356 g/mol. The van der Waals surface area contributed by atoms with Gasteiger partial charge in [-0.2, -0.15) is 0 Å². The lowest BCUT2D eigenvalue weighted by Crippen LogP contribution is -2.50. The Balaban J connectivity index is 1.46. The van der Waals surface area contributed by atoms with Gasteiger partial charge in [0.25, 0.3) is 0 Å². The average Bonchev–Trinajstić information content (AvgIpc) is 2.64. The van der Waals surface area contributed by atoms with E-state index in [-0.39, 0.29) is 12.1 Å². The van der Waals surface area contributed by atoms with E-state index in [0.29, 0.717) is 29.6 Å². The summed E-state index contributed by atoms with van der Waals surface area (Å²) in [6.45, 7) is 2.43. The van der Waals surface area contributed by atoms with Crippen molar-refractivity contribution in [2.24, 2.45) is 23.7 Å². The molecule has 4 bridgehead atoms. The van der Waals surface area contributed by atoms with Crippen LogP contribution in [0.25, 0.3) is 0 Å². The third kappa shape index (κ3) is 3.38. The molecule has 4 aliphatic rings. The number of unbranched alkanes of at least 4 members (excludes halogenated alkanes) is 1. The van der Waals surface area contributed by atoms with Crippen LogP contribution < -0.4 is 0 Å². The fourth-order valence-corrected chi connectivity index (χ4v) is 5.48. The van der Waals surface area contributed by atoms with Crippen molar-refractivity contribution in [3.05, 3.63) is 35.4 Å². The lowest BCUT2D eigenvalue weighted by molar-refractivity contribution is -0.101. The van der Waals surface area contributed by atoms with E-state index in [4.69, 9.17) is 9.47 Å². The first-order chi connectivity index (χ1) is 12.7. The maximum Gasteiger partial charge on any atom is 0.339 e. The SMILES string of the molecule is CCCCOC(=O)c1ccccc1C(=O)OC1C2CC3CC(C2)CC1C3. The fraction of sp³-hybridized carbons (Fsp3) is 0.636. The summed E-state index contributed by atoms with van der Waals surface area (Å²) in [5.74, 6) is 1.90. The first-order valence-electron chi connectivity index (χ1n) is 10.1. The van der Waals surface area contributed by atoms with Gasteiger partial charge in [-0.3, -0.25) is 0 Å². The van der Waals surface area contributed by atoms with Crippen molar-refractivity contribution in [2.45, 2.75) is 58.0 Å². The number of ether oxygens (including phenoxy) is 2. The van der Waals surface area contributed by atoms with Crippen molar-refractivity contribution in [1.29, 1.82) is 0 Å². The summed E-state index contributed by atoms with van der Waals surface area (Å²) in [5, 5.41) is 0. The van der Waals surface area contributed by atoms with Crippen LogP contribution in [0.15, 0.2) is 24.3 Å². The zero-order valence-corrected chi connectivity index (χ0v) is 15.5. The minimum Gasteiger partial charge on any atom is -0.462 e. The van der Waals surface area contributed by atoms with Crippen LogP contribution in [-0.2, 0) is 9.47 Å². The maximum absolute atomic E-state index is 12.9. The summed E-state index contributed by atoms with van der Waals surface area (Å²) in [6.07, 6.45) is 7.99. The van der Waals surface area contributed by atoms with Gasteiger partial charge in [0.05, 0.1) is 17.7 Å². The summed E-state index contributed by atoms with van der Waals surface area (Å²) in [4.78, 5) is 25.2. The van der Waals surface area contributed by atoms with Gasteiger partial charge in [0.1, 0.15) is 6.10 Å². The van der Waals surface area contributed by atoms with Crippen LogP contribution in [0.4, 0.5) is 0 Å². The molecule has 0 amide bonds. The second-order valence-electron chi connectivity index (χ2n) is 8.34. The van der Waals surface area contributed by atoms with Crippen LogP contribution >= 0.6 is 0 Å². The van der Waals surface area contributed by atoms with E-state index in [1.165, 1.54) is 32.1 Å². The summed E-state index contributed by atoms with van der Waals surface area (Å²) in [6, 6.07) is 6.86. The van der Waals surface area contributed by atoms with E-state index in [1.54, 1.807) is 24.3 Å². The smallest absolute Gasteiger partial charge is 0.339 e. The Kier molecular flexibility index (Phi) is 5.01. The molecule has 140 valence electrons. The van der Waals surface area contributed by atoms with Gasteiger partial charge in [0.15, 0.2) is 0 Å². The van der Waals surface area contributed by atoms with Gasteiger partial charge in [-0.1, -0.05) is 25.5 Å². The van der Waals surface area contributed by atoms with E-state index < -0.39 is 5.97 Å². The summed E-state index contributed by atoms with van der Waals surface area (Å²) in [7, 11) is 0. The lowest BCUT2D eigenvalue weighted by Gasteiger charge is -2.53. The molecule has 4 heteroatoms. The fourth-order valence-electron chi connectivity index (χ4n) is 5.48. The van der Waals surface area contributed by atoms with Crippen LogP contribution in [0, 0.1) is 23.7 Å². The van der Waals surface area contributed by atoms with Crippen molar-refractivity contribution < 1.29 is 19.1 Å². The van der Waals surface area contributed by atoms with Gasteiger partial charge in [-0.25, -0.2) is 9.59 Å². The predicted molar refractivity (Wildman–Crippen MR) is 97.9 cm³/mol. The topological polar surface area (TPSA) is 52.6 Å². The molecular formula is C22H28O4. The predicted octanol–water partition coefficient (Wildman–Crippen LogP) is 4.63. The second kappa shape index (κ2) is 7.42. The van der Waals surface area contributed by atoms with E-state index >= 15 is 0 Å². The molecule has 1 aromatic carbocycles. The average molecular weight is 356 g/mol. The normalized spacial score (nSPS) is 31.7. The molecule has 4 fully saturated rings. The zero-order chi connectivity index (χ0) is 18.1. The Labute approximate surface area is 155 Å². The summed E-state index contributed by atoms with van der Waals surface area (Å²) in [5.41, 5.74) is 0.653. The number of hydrogen-bond acceptors (Lipinski definition) is 4. The second-order valence-corrected chi connectivity index (χ2v) is 8.34. The molecule has 0 unspecified atom stereocenters. The number of carbonyl (C=O) groups excluding carboxylic acids is 2. The quantitative estimate of drug-likeness (QED) is 0.551. The minimum atomic E-state index is -0.434. The molecule has 0 saturated heterocycles. The van der Waals surface area contributed by atoms with Crippen LogP contribution in [0.3, 0.4) is 0 Å². The maximum atomic E-state index is 12.9. The highest BCUT2D eigenvalue weighted by Gasteiger charge is 2.50. The first-order valence-corrected chi connectivity index (χ1v) is 10.1. The molecule has 0 radical (unpaired) electrons. The molecule has 4 saturated carbocycles. The van der Waals surface area contributed by atoms with E-state index in [9.17, 15) is 9.59 Å². The molecule has 26 heavy (non-hydrogen) atoms. The van der Waals surface area contributed by atoms with Gasteiger partial charge in [-0.05, 0) is 74.3 Å². The molecule has 4 nitrogen and oxygen atoms in total. The molecule has 0 aliphatic heterocycles. The Morgan fingerprint density at radius 3 is 2.08 bits per heavy atom. The van der Waals surface area contributed by atoms with Crippen LogP contribution in [-0.4, -0.2) is 24.6 Å². The number of rotatable bonds is 6. The van der Waals surface area contributed by atoms with Crippen molar-refractivity contribution in [3.63, 3.8) is 0 Å². The molecule has 0 spiro atoms. The third-order valence-electron chi connectivity index (χ3n) is 6.48. The highest BCUT2D eigenvalue weighted by atomic mass is 16.5. The molecular weight excluding hydrogens is 328 g/mol. The van der Waals surface area contributed by atoms with Crippen molar-refractivity contribution >= 4 is 11.9 Å². The lowest BCUT2D eigenvalue weighted by atomic mass is 9.55. The Hall–Kier alpha value is -1.84. The molecule has 0 atom stereocenters. The van der Waals surface area contributed by atoms with Crippen LogP contribution in [0.5, 0.6) is 0 Å². The van der Waals surface area contributed by atoms with Crippen molar-refractivity contribution in [1.82, 2.24) is 0 Å². The standard InChI is InChI=1S/C22H28O4/c1-2-3-8-25-21(23)18-6-4-5-7-19(18)22(24)26-20-16-10-14-9-15(12-16)13-17(20)11-14/h4-7,14-17,20H,2-3,8-13H2,1H3. The molecule has 5 rings (SSSR count). The van der Waals surface area contributed by atoms with Crippen molar-refractivity contribution in [3.8, 4) is 0 Å². The van der Waals surface area contributed by atoms with Crippen LogP contribution in [0.2, 0.25) is 0 Å². The molecule has 0 heterocycles. The highest BCUT2D eigenvalue weighted by Crippen LogP contribution is 2.54. The van der Waals surface area contributed by atoms with Gasteiger partial charge in [0, 0.05) is 0 Å². The van der Waals surface area contributed by atoms with E-state index in [2.05, 4.69) is 0 Å². The molecule has 1 aromatic rings. The highest BCUT2D eigenvalue weighted by molar-refractivity contribution is 6.03. The minimum absolute atomic E-state index is 0.0273. The Morgan fingerprint density at radius 2 is 1.50 bits per heavy atom. The Morgan fingerprint density at radius 1 is 0.923 bits per heavy atom. The van der Waals surface area contributed by atoms with Crippen LogP contribution in [0.1, 0.15) is 72.6 Å². The number of benzene rings is 1. The molecule has 4 aliphatic carbocycles. The largest absolute Gasteiger partial charge is 0.462 e. The van der Waals surface area contributed by atoms with Gasteiger partial charge >= 0.3 is 11.9 Å². The number of carbonyl (C=O) groups is 2. The van der Waals surface area contributed by atoms with Gasteiger partial charge in [-0.15, -0.1) is 0 Å². The summed E-state index contributed by atoms with van der Waals surface area (Å²) < 4.78 is 11.3. The van der Waals surface area contributed by atoms with E-state index in [0.717, 1.165) is 24.7 Å². The Bertz CT molecular complexity index is 652.